The minimum absolute atomic E-state index is 0.102. The molecule has 0 aliphatic carbocycles. The Bertz CT molecular complexity index is 415. The zero-order chi connectivity index (χ0) is 14.3. The highest BCUT2D eigenvalue weighted by Gasteiger charge is 2.14. The maximum atomic E-state index is 11.6. The van der Waals surface area contributed by atoms with Crippen LogP contribution >= 0.6 is 0 Å². The number of ether oxygens (including phenoxy) is 1. The van der Waals surface area contributed by atoms with E-state index in [9.17, 15) is 4.79 Å². The van der Waals surface area contributed by atoms with Crippen LogP contribution in [0.5, 0.6) is 0 Å². The van der Waals surface area contributed by atoms with Crippen molar-refractivity contribution < 1.29 is 9.53 Å². The van der Waals surface area contributed by atoms with E-state index in [4.69, 9.17) is 4.74 Å². The van der Waals surface area contributed by atoms with Crippen molar-refractivity contribution in [3.8, 4) is 0 Å². The Balaban J connectivity index is 2.83. The van der Waals surface area contributed by atoms with Gasteiger partial charge in [-0.3, -0.25) is 4.79 Å². The van der Waals surface area contributed by atoms with Crippen LogP contribution in [0, 0.1) is 0 Å². The predicted molar refractivity (Wildman–Crippen MR) is 79.3 cm³/mol. The number of esters is 1. The van der Waals surface area contributed by atoms with Crippen LogP contribution in [-0.2, 0) is 9.53 Å². The number of carbonyl (C=O) groups is 1. The predicted octanol–water partition coefficient (Wildman–Crippen LogP) is 4.42. The molecule has 0 aromatic heterocycles. The third-order valence-electron chi connectivity index (χ3n) is 3.15. The summed E-state index contributed by atoms with van der Waals surface area (Å²) >= 11 is 0. The molecule has 0 bridgehead atoms. The molecule has 0 spiro atoms. The van der Waals surface area contributed by atoms with Gasteiger partial charge in [-0.25, -0.2) is 0 Å². The molecule has 0 aliphatic rings. The molecule has 0 N–H and O–H groups in total. The SMILES string of the molecule is CC=CC(CC(=O)OCC)c1ccc(C(C)C)cc1. The minimum atomic E-state index is -0.140. The molecule has 0 saturated heterocycles. The van der Waals surface area contributed by atoms with Crippen molar-refractivity contribution in [2.45, 2.75) is 46.0 Å². The first kappa shape index (κ1) is 15.5. The first-order valence-corrected chi connectivity index (χ1v) is 6.96. The van der Waals surface area contributed by atoms with Gasteiger partial charge in [0.15, 0.2) is 0 Å². The van der Waals surface area contributed by atoms with E-state index in [-0.39, 0.29) is 11.9 Å². The van der Waals surface area contributed by atoms with Crippen molar-refractivity contribution in [1.82, 2.24) is 0 Å². The van der Waals surface area contributed by atoms with E-state index in [0.717, 1.165) is 5.56 Å². The summed E-state index contributed by atoms with van der Waals surface area (Å²) in [6.07, 6.45) is 4.45. The van der Waals surface area contributed by atoms with Gasteiger partial charge < -0.3 is 4.74 Å². The Morgan fingerprint density at radius 2 is 1.79 bits per heavy atom. The lowest BCUT2D eigenvalue weighted by Crippen LogP contribution is -2.09. The van der Waals surface area contributed by atoms with Gasteiger partial charge >= 0.3 is 5.97 Å². The molecule has 0 amide bonds. The quantitative estimate of drug-likeness (QED) is 0.559. The van der Waals surface area contributed by atoms with Crippen LogP contribution in [0.15, 0.2) is 36.4 Å². The Morgan fingerprint density at radius 1 is 1.21 bits per heavy atom. The van der Waals surface area contributed by atoms with Gasteiger partial charge in [-0.1, -0.05) is 50.3 Å². The molecule has 0 fully saturated rings. The highest BCUT2D eigenvalue weighted by molar-refractivity contribution is 5.71. The molecule has 0 radical (unpaired) electrons. The molecular weight excluding hydrogens is 236 g/mol. The van der Waals surface area contributed by atoms with Crippen LogP contribution in [0.4, 0.5) is 0 Å². The summed E-state index contributed by atoms with van der Waals surface area (Å²) in [5.74, 6) is 0.489. The largest absolute Gasteiger partial charge is 0.466 e. The molecule has 2 heteroatoms. The van der Waals surface area contributed by atoms with E-state index in [2.05, 4.69) is 44.2 Å². The lowest BCUT2D eigenvalue weighted by Gasteiger charge is -2.14. The molecule has 0 aliphatic heterocycles. The highest BCUT2D eigenvalue weighted by Crippen LogP contribution is 2.24. The van der Waals surface area contributed by atoms with Crippen molar-refractivity contribution in [1.29, 1.82) is 0 Å². The maximum absolute atomic E-state index is 11.6. The van der Waals surface area contributed by atoms with Crippen LogP contribution in [0.2, 0.25) is 0 Å². The first-order valence-electron chi connectivity index (χ1n) is 6.96. The molecule has 1 aromatic carbocycles. The van der Waals surface area contributed by atoms with Gasteiger partial charge in [0.2, 0.25) is 0 Å². The van der Waals surface area contributed by atoms with Crippen LogP contribution < -0.4 is 0 Å². The van der Waals surface area contributed by atoms with Crippen molar-refractivity contribution in [3.63, 3.8) is 0 Å². The smallest absolute Gasteiger partial charge is 0.306 e. The van der Waals surface area contributed by atoms with E-state index < -0.39 is 0 Å². The Hall–Kier alpha value is -1.57. The summed E-state index contributed by atoms with van der Waals surface area (Å²) in [6, 6.07) is 8.50. The molecule has 0 heterocycles. The fourth-order valence-corrected chi connectivity index (χ4v) is 2.06. The number of benzene rings is 1. The second-order valence-corrected chi connectivity index (χ2v) is 4.96. The fraction of sp³-hybridized carbons (Fsp3) is 0.471. The van der Waals surface area contributed by atoms with Gasteiger partial charge in [-0.15, -0.1) is 0 Å². The summed E-state index contributed by atoms with van der Waals surface area (Å²) in [5.41, 5.74) is 2.48. The topological polar surface area (TPSA) is 26.3 Å². The summed E-state index contributed by atoms with van der Waals surface area (Å²) < 4.78 is 5.03. The van der Waals surface area contributed by atoms with Crippen LogP contribution in [0.3, 0.4) is 0 Å². The third kappa shape index (κ3) is 4.90. The molecule has 1 unspecified atom stereocenters. The van der Waals surface area contributed by atoms with E-state index in [0.29, 0.717) is 18.9 Å². The van der Waals surface area contributed by atoms with E-state index >= 15 is 0 Å². The highest BCUT2D eigenvalue weighted by atomic mass is 16.5. The summed E-state index contributed by atoms with van der Waals surface area (Å²) in [6.45, 7) is 8.60. The van der Waals surface area contributed by atoms with E-state index in [1.165, 1.54) is 5.56 Å². The molecule has 1 aromatic rings. The molecular formula is C17H24O2. The van der Waals surface area contributed by atoms with Crippen LogP contribution in [0.1, 0.15) is 57.1 Å². The van der Waals surface area contributed by atoms with E-state index in [1.54, 1.807) is 0 Å². The zero-order valence-electron chi connectivity index (χ0n) is 12.3. The van der Waals surface area contributed by atoms with Crippen LogP contribution in [0.25, 0.3) is 0 Å². The Kier molecular flexibility index (Phi) is 6.34. The normalized spacial score (nSPS) is 12.9. The third-order valence-corrected chi connectivity index (χ3v) is 3.15. The fourth-order valence-electron chi connectivity index (χ4n) is 2.06. The van der Waals surface area contributed by atoms with Gasteiger partial charge in [0.05, 0.1) is 13.0 Å². The average molecular weight is 260 g/mol. The lowest BCUT2D eigenvalue weighted by atomic mass is 9.92. The lowest BCUT2D eigenvalue weighted by molar-refractivity contribution is -0.143. The molecule has 19 heavy (non-hydrogen) atoms. The van der Waals surface area contributed by atoms with Crippen molar-refractivity contribution in [2.75, 3.05) is 6.61 Å². The standard InChI is InChI=1S/C17H24O2/c1-5-7-16(12-17(18)19-6-2)15-10-8-14(9-11-15)13(3)4/h5,7-11,13,16H,6,12H2,1-4H3. The van der Waals surface area contributed by atoms with Gasteiger partial charge in [0, 0.05) is 5.92 Å². The van der Waals surface area contributed by atoms with Crippen molar-refractivity contribution in [2.24, 2.45) is 0 Å². The number of allylic oxidation sites excluding steroid dienone is 2. The average Bonchev–Trinajstić information content (AvgIpc) is 2.38. The van der Waals surface area contributed by atoms with Crippen molar-refractivity contribution >= 4 is 5.97 Å². The molecule has 104 valence electrons. The molecule has 2 nitrogen and oxygen atoms in total. The van der Waals surface area contributed by atoms with E-state index in [1.807, 2.05) is 19.9 Å². The summed E-state index contributed by atoms with van der Waals surface area (Å²) in [5, 5.41) is 0. The van der Waals surface area contributed by atoms with Gasteiger partial charge in [0.1, 0.15) is 0 Å². The number of rotatable bonds is 6. The summed E-state index contributed by atoms with van der Waals surface area (Å²) in [7, 11) is 0. The van der Waals surface area contributed by atoms with Crippen molar-refractivity contribution in [3.05, 3.63) is 47.5 Å². The first-order chi connectivity index (χ1) is 9.08. The number of carbonyl (C=O) groups excluding carboxylic acids is 1. The second-order valence-electron chi connectivity index (χ2n) is 4.96. The monoisotopic (exact) mass is 260 g/mol. The van der Waals surface area contributed by atoms with Crippen LogP contribution in [-0.4, -0.2) is 12.6 Å². The number of hydrogen-bond acceptors (Lipinski definition) is 2. The molecule has 0 saturated carbocycles. The molecule has 1 rings (SSSR count). The Labute approximate surface area is 116 Å². The Morgan fingerprint density at radius 3 is 2.26 bits per heavy atom. The maximum Gasteiger partial charge on any atom is 0.306 e. The molecule has 1 atom stereocenters. The minimum Gasteiger partial charge on any atom is -0.466 e. The second kappa shape index (κ2) is 7.78. The van der Waals surface area contributed by atoms with Gasteiger partial charge in [-0.05, 0) is 30.9 Å². The number of hydrogen-bond donors (Lipinski definition) is 0. The van der Waals surface area contributed by atoms with Gasteiger partial charge in [-0.2, -0.15) is 0 Å². The summed E-state index contributed by atoms with van der Waals surface area (Å²) in [4.78, 5) is 11.6. The zero-order valence-corrected chi connectivity index (χ0v) is 12.3. The van der Waals surface area contributed by atoms with Gasteiger partial charge in [0.25, 0.3) is 0 Å².